The Morgan fingerprint density at radius 1 is 1.30 bits per heavy atom. The molecule has 0 saturated carbocycles. The number of nitro benzene ring substituents is 1. The lowest BCUT2D eigenvalue weighted by Gasteiger charge is -2.10. The average Bonchev–Trinajstić information content (AvgIpc) is 2.49. The number of carbonyl (C=O) groups is 1. The highest BCUT2D eigenvalue weighted by atomic mass is 35.5. The first-order chi connectivity index (χ1) is 10.9. The Morgan fingerprint density at radius 2 is 2.04 bits per heavy atom. The molecule has 0 aromatic heterocycles. The van der Waals surface area contributed by atoms with Gasteiger partial charge in [0, 0.05) is 11.6 Å². The van der Waals surface area contributed by atoms with Crippen LogP contribution in [-0.2, 0) is 4.79 Å². The molecule has 2 aromatic carbocycles. The van der Waals surface area contributed by atoms with E-state index < -0.39 is 10.8 Å². The molecule has 0 bridgehead atoms. The SMILES string of the molecule is Cc1cc(OCC(=O)Nc2cccc(Cl)c2Cl)ccc1[N+](=O)[O-]. The van der Waals surface area contributed by atoms with Gasteiger partial charge >= 0.3 is 0 Å². The van der Waals surface area contributed by atoms with Crippen molar-refractivity contribution >= 4 is 40.5 Å². The predicted molar refractivity (Wildman–Crippen MR) is 88.4 cm³/mol. The zero-order valence-electron chi connectivity index (χ0n) is 12.0. The average molecular weight is 355 g/mol. The maximum absolute atomic E-state index is 11.9. The summed E-state index contributed by atoms with van der Waals surface area (Å²) in [4.78, 5) is 22.1. The van der Waals surface area contributed by atoms with Crippen LogP contribution in [0.1, 0.15) is 5.56 Å². The summed E-state index contributed by atoms with van der Waals surface area (Å²) in [7, 11) is 0. The Balaban J connectivity index is 1.98. The van der Waals surface area contributed by atoms with Crippen molar-refractivity contribution in [3.05, 3.63) is 62.1 Å². The Bertz CT molecular complexity index is 765. The van der Waals surface area contributed by atoms with E-state index in [1.807, 2.05) is 0 Å². The van der Waals surface area contributed by atoms with Crippen LogP contribution in [0.3, 0.4) is 0 Å². The number of hydrogen-bond donors (Lipinski definition) is 1. The van der Waals surface area contributed by atoms with Gasteiger partial charge in [-0.25, -0.2) is 0 Å². The highest BCUT2D eigenvalue weighted by Gasteiger charge is 2.12. The van der Waals surface area contributed by atoms with Crippen LogP contribution >= 0.6 is 23.2 Å². The number of nitrogens with zero attached hydrogens (tertiary/aromatic N) is 1. The second-order valence-electron chi connectivity index (χ2n) is 4.64. The first kappa shape index (κ1) is 17.1. The summed E-state index contributed by atoms with van der Waals surface area (Å²) in [5.74, 6) is -0.0642. The number of nitrogens with one attached hydrogen (secondary N) is 1. The van der Waals surface area contributed by atoms with E-state index in [9.17, 15) is 14.9 Å². The van der Waals surface area contributed by atoms with E-state index in [0.717, 1.165) is 0 Å². The number of benzene rings is 2. The molecule has 0 aliphatic rings. The molecule has 0 heterocycles. The van der Waals surface area contributed by atoms with Crippen molar-refractivity contribution in [1.82, 2.24) is 0 Å². The predicted octanol–water partition coefficient (Wildman–Crippen LogP) is 4.23. The number of anilines is 1. The standard InChI is InChI=1S/C15H12Cl2N2O4/c1-9-7-10(5-6-13(9)19(21)22)23-8-14(20)18-12-4-2-3-11(16)15(12)17/h2-7H,8H2,1H3,(H,18,20). The summed E-state index contributed by atoms with van der Waals surface area (Å²) in [6.45, 7) is 1.33. The molecule has 8 heteroatoms. The molecule has 120 valence electrons. The van der Waals surface area contributed by atoms with Crippen LogP contribution in [-0.4, -0.2) is 17.4 Å². The number of rotatable bonds is 5. The zero-order chi connectivity index (χ0) is 17.0. The number of amides is 1. The number of hydrogen-bond acceptors (Lipinski definition) is 4. The normalized spacial score (nSPS) is 10.2. The fourth-order valence-corrected chi connectivity index (χ4v) is 2.21. The third-order valence-corrected chi connectivity index (χ3v) is 3.78. The van der Waals surface area contributed by atoms with Crippen molar-refractivity contribution in [1.29, 1.82) is 0 Å². The van der Waals surface area contributed by atoms with E-state index in [1.165, 1.54) is 18.2 Å². The van der Waals surface area contributed by atoms with Crippen LogP contribution in [0.4, 0.5) is 11.4 Å². The minimum Gasteiger partial charge on any atom is -0.484 e. The van der Waals surface area contributed by atoms with Gasteiger partial charge in [0.25, 0.3) is 11.6 Å². The van der Waals surface area contributed by atoms with Gasteiger partial charge in [-0.3, -0.25) is 14.9 Å². The molecule has 23 heavy (non-hydrogen) atoms. The highest BCUT2D eigenvalue weighted by Crippen LogP contribution is 2.29. The monoisotopic (exact) mass is 354 g/mol. The van der Waals surface area contributed by atoms with E-state index in [-0.39, 0.29) is 17.3 Å². The molecule has 2 rings (SSSR count). The first-order valence-corrected chi connectivity index (χ1v) is 7.26. The molecular formula is C15H12Cl2N2O4. The molecule has 0 aliphatic carbocycles. The Morgan fingerprint density at radius 3 is 2.70 bits per heavy atom. The van der Waals surface area contributed by atoms with Gasteiger partial charge in [-0.1, -0.05) is 29.3 Å². The minimum atomic E-state index is -0.479. The lowest BCUT2D eigenvalue weighted by molar-refractivity contribution is -0.385. The van der Waals surface area contributed by atoms with Crippen LogP contribution in [0.15, 0.2) is 36.4 Å². The number of ether oxygens (including phenoxy) is 1. The van der Waals surface area contributed by atoms with Crippen LogP contribution in [0.5, 0.6) is 5.75 Å². The second-order valence-corrected chi connectivity index (χ2v) is 5.43. The maximum Gasteiger partial charge on any atom is 0.272 e. The number of nitro groups is 1. The van der Waals surface area contributed by atoms with Crippen molar-refractivity contribution in [3.63, 3.8) is 0 Å². The molecule has 0 radical (unpaired) electrons. The van der Waals surface area contributed by atoms with Gasteiger partial charge in [0.1, 0.15) is 5.75 Å². The Hall–Kier alpha value is -2.31. The van der Waals surface area contributed by atoms with E-state index in [1.54, 1.807) is 25.1 Å². The van der Waals surface area contributed by atoms with E-state index >= 15 is 0 Å². The third-order valence-electron chi connectivity index (χ3n) is 2.96. The van der Waals surface area contributed by atoms with Gasteiger partial charge in [-0.05, 0) is 31.2 Å². The summed E-state index contributed by atoms with van der Waals surface area (Å²) in [6, 6.07) is 9.14. The lowest BCUT2D eigenvalue weighted by atomic mass is 10.2. The number of aryl methyl sites for hydroxylation is 1. The molecule has 0 unspecified atom stereocenters. The van der Waals surface area contributed by atoms with Crippen molar-refractivity contribution in [3.8, 4) is 5.75 Å². The summed E-state index contributed by atoms with van der Waals surface area (Å²) in [5, 5.41) is 13.9. The molecule has 0 spiro atoms. The smallest absolute Gasteiger partial charge is 0.272 e. The molecule has 1 N–H and O–H groups in total. The van der Waals surface area contributed by atoms with Crippen LogP contribution in [0.25, 0.3) is 0 Å². The summed E-state index contributed by atoms with van der Waals surface area (Å²) in [5.41, 5.74) is 0.825. The van der Waals surface area contributed by atoms with Crippen LogP contribution < -0.4 is 10.1 Å². The quantitative estimate of drug-likeness (QED) is 0.643. The van der Waals surface area contributed by atoms with Gasteiger partial charge in [-0.2, -0.15) is 0 Å². The fraction of sp³-hybridized carbons (Fsp3) is 0.133. The highest BCUT2D eigenvalue weighted by molar-refractivity contribution is 6.43. The van der Waals surface area contributed by atoms with E-state index in [4.69, 9.17) is 27.9 Å². The summed E-state index contributed by atoms with van der Waals surface area (Å²) >= 11 is 11.8. The fourth-order valence-electron chi connectivity index (χ4n) is 1.86. The van der Waals surface area contributed by atoms with Gasteiger partial charge in [0.05, 0.1) is 20.7 Å². The third kappa shape index (κ3) is 4.34. The maximum atomic E-state index is 11.9. The van der Waals surface area contributed by atoms with Crippen molar-refractivity contribution < 1.29 is 14.5 Å². The number of carbonyl (C=O) groups excluding carboxylic acids is 1. The molecule has 0 saturated heterocycles. The van der Waals surface area contributed by atoms with Gasteiger partial charge in [0.2, 0.25) is 0 Å². The molecule has 0 atom stereocenters. The second kappa shape index (κ2) is 7.30. The molecule has 1 amide bonds. The number of halogens is 2. The Kier molecular flexibility index (Phi) is 5.41. The summed E-state index contributed by atoms with van der Waals surface area (Å²) in [6.07, 6.45) is 0. The van der Waals surface area contributed by atoms with E-state index in [2.05, 4.69) is 5.32 Å². The van der Waals surface area contributed by atoms with Gasteiger partial charge < -0.3 is 10.1 Å². The van der Waals surface area contributed by atoms with Gasteiger partial charge in [0.15, 0.2) is 6.61 Å². The molecule has 6 nitrogen and oxygen atoms in total. The van der Waals surface area contributed by atoms with Crippen molar-refractivity contribution in [2.45, 2.75) is 6.92 Å². The van der Waals surface area contributed by atoms with Crippen molar-refractivity contribution in [2.75, 3.05) is 11.9 Å². The molecule has 0 aliphatic heterocycles. The zero-order valence-corrected chi connectivity index (χ0v) is 13.5. The van der Waals surface area contributed by atoms with Crippen LogP contribution in [0.2, 0.25) is 10.0 Å². The largest absolute Gasteiger partial charge is 0.484 e. The topological polar surface area (TPSA) is 81.5 Å². The molecular weight excluding hydrogens is 343 g/mol. The molecule has 2 aromatic rings. The van der Waals surface area contributed by atoms with E-state index in [0.29, 0.717) is 22.0 Å². The first-order valence-electron chi connectivity index (χ1n) is 6.50. The summed E-state index contributed by atoms with van der Waals surface area (Å²) < 4.78 is 5.31. The van der Waals surface area contributed by atoms with Crippen molar-refractivity contribution in [2.24, 2.45) is 0 Å². The molecule has 0 fully saturated rings. The van der Waals surface area contributed by atoms with Crippen LogP contribution in [0, 0.1) is 17.0 Å². The Labute approximate surface area is 142 Å². The van der Waals surface area contributed by atoms with Gasteiger partial charge in [-0.15, -0.1) is 0 Å². The lowest BCUT2D eigenvalue weighted by Crippen LogP contribution is -2.20. The minimum absolute atomic E-state index is 0.00693.